The molecule has 0 radical (unpaired) electrons. The Morgan fingerprint density at radius 3 is 2.61 bits per heavy atom. The highest BCUT2D eigenvalue weighted by molar-refractivity contribution is 6.35. The summed E-state index contributed by atoms with van der Waals surface area (Å²) in [7, 11) is 0. The molecule has 2 aromatic carbocycles. The van der Waals surface area contributed by atoms with E-state index in [1.807, 2.05) is 0 Å². The predicted octanol–water partition coefficient (Wildman–Crippen LogP) is 4.91. The number of anilines is 1. The van der Waals surface area contributed by atoms with E-state index in [0.717, 1.165) is 12.1 Å². The van der Waals surface area contributed by atoms with Crippen molar-refractivity contribution in [3.05, 3.63) is 64.9 Å². The van der Waals surface area contributed by atoms with Crippen molar-refractivity contribution in [2.45, 2.75) is 12.7 Å². The molecule has 0 bridgehead atoms. The first-order chi connectivity index (χ1) is 10.9. The zero-order valence-corrected chi connectivity index (χ0v) is 12.5. The number of nitrogens with one attached hydrogen (secondary N) is 1. The Morgan fingerprint density at radius 1 is 1.04 bits per heavy atom. The smallest absolute Gasteiger partial charge is 0.365 e. The van der Waals surface area contributed by atoms with Crippen molar-refractivity contribution in [2.24, 2.45) is 0 Å². The standard InChI is InChI=1S/C16H11ClF3N3/c17-13-6-2-5-12-14(13)22-9-23-15(12)21-8-10-3-1-4-11(7-10)16(18,19)20/h1-7,9H,8H2,(H,21,22,23). The maximum atomic E-state index is 12.7. The summed E-state index contributed by atoms with van der Waals surface area (Å²) in [6.07, 6.45) is -2.99. The van der Waals surface area contributed by atoms with E-state index in [1.54, 1.807) is 24.3 Å². The van der Waals surface area contributed by atoms with E-state index in [1.165, 1.54) is 12.4 Å². The number of rotatable bonds is 3. The maximum absolute atomic E-state index is 12.7. The van der Waals surface area contributed by atoms with Gasteiger partial charge in [-0.1, -0.05) is 29.8 Å². The number of alkyl halides is 3. The van der Waals surface area contributed by atoms with Crippen LogP contribution in [0.15, 0.2) is 48.8 Å². The lowest BCUT2D eigenvalue weighted by atomic mass is 10.1. The van der Waals surface area contributed by atoms with E-state index >= 15 is 0 Å². The Kier molecular flexibility index (Phi) is 4.09. The first-order valence-corrected chi connectivity index (χ1v) is 7.12. The molecule has 118 valence electrons. The minimum atomic E-state index is -4.36. The molecule has 0 aliphatic carbocycles. The van der Waals surface area contributed by atoms with Crippen molar-refractivity contribution in [3.8, 4) is 0 Å². The Hall–Kier alpha value is -2.34. The SMILES string of the molecule is FC(F)(F)c1cccc(CNc2ncnc3c(Cl)cccc23)c1. The van der Waals surface area contributed by atoms with Gasteiger partial charge in [-0.25, -0.2) is 9.97 Å². The van der Waals surface area contributed by atoms with Gasteiger partial charge in [-0.2, -0.15) is 13.2 Å². The van der Waals surface area contributed by atoms with Crippen LogP contribution in [-0.2, 0) is 12.7 Å². The number of nitrogens with zero attached hydrogens (tertiary/aromatic N) is 2. The van der Waals surface area contributed by atoms with Crippen LogP contribution in [-0.4, -0.2) is 9.97 Å². The third-order valence-corrected chi connectivity index (χ3v) is 3.63. The zero-order chi connectivity index (χ0) is 16.4. The molecule has 3 aromatic rings. The van der Waals surface area contributed by atoms with Gasteiger partial charge in [0.15, 0.2) is 0 Å². The third kappa shape index (κ3) is 3.37. The molecule has 0 atom stereocenters. The second-order valence-electron chi connectivity index (χ2n) is 4.91. The Balaban J connectivity index is 1.86. The van der Waals surface area contributed by atoms with Gasteiger partial charge in [0.05, 0.1) is 16.1 Å². The number of aromatic nitrogens is 2. The molecule has 1 heterocycles. The van der Waals surface area contributed by atoms with Crippen LogP contribution in [0.3, 0.4) is 0 Å². The van der Waals surface area contributed by atoms with Gasteiger partial charge in [-0.3, -0.25) is 0 Å². The normalized spacial score (nSPS) is 11.7. The van der Waals surface area contributed by atoms with Gasteiger partial charge in [-0.15, -0.1) is 0 Å². The lowest BCUT2D eigenvalue weighted by Gasteiger charge is -2.11. The highest BCUT2D eigenvalue weighted by Gasteiger charge is 2.30. The number of fused-ring (bicyclic) bond motifs is 1. The second-order valence-corrected chi connectivity index (χ2v) is 5.32. The summed E-state index contributed by atoms with van der Waals surface area (Å²) in [4.78, 5) is 8.24. The van der Waals surface area contributed by atoms with Crippen molar-refractivity contribution in [2.75, 3.05) is 5.32 Å². The number of benzene rings is 2. The molecule has 23 heavy (non-hydrogen) atoms. The van der Waals surface area contributed by atoms with E-state index in [-0.39, 0.29) is 6.54 Å². The third-order valence-electron chi connectivity index (χ3n) is 3.33. The lowest BCUT2D eigenvalue weighted by Crippen LogP contribution is -2.07. The maximum Gasteiger partial charge on any atom is 0.416 e. The summed E-state index contributed by atoms with van der Waals surface area (Å²) in [5.41, 5.74) is 0.428. The minimum Gasteiger partial charge on any atom is -0.365 e. The molecule has 0 amide bonds. The van der Waals surface area contributed by atoms with Crippen molar-refractivity contribution >= 4 is 28.3 Å². The van der Waals surface area contributed by atoms with E-state index in [9.17, 15) is 13.2 Å². The van der Waals surface area contributed by atoms with E-state index in [4.69, 9.17) is 11.6 Å². The van der Waals surface area contributed by atoms with Gasteiger partial charge in [0.25, 0.3) is 0 Å². The number of hydrogen-bond donors (Lipinski definition) is 1. The molecule has 0 fully saturated rings. The van der Waals surface area contributed by atoms with Crippen LogP contribution in [0.5, 0.6) is 0 Å². The van der Waals surface area contributed by atoms with Crippen LogP contribution in [0, 0.1) is 0 Å². The van der Waals surface area contributed by atoms with Gasteiger partial charge >= 0.3 is 6.18 Å². The molecule has 0 saturated carbocycles. The molecular formula is C16H11ClF3N3. The summed E-state index contributed by atoms with van der Waals surface area (Å²) < 4.78 is 38.2. The molecule has 0 unspecified atom stereocenters. The van der Waals surface area contributed by atoms with Gasteiger partial charge < -0.3 is 5.32 Å². The van der Waals surface area contributed by atoms with Crippen LogP contribution in [0.4, 0.5) is 19.0 Å². The fourth-order valence-corrected chi connectivity index (χ4v) is 2.46. The van der Waals surface area contributed by atoms with Crippen LogP contribution in [0.2, 0.25) is 5.02 Å². The average molecular weight is 338 g/mol. The molecular weight excluding hydrogens is 327 g/mol. The van der Waals surface area contributed by atoms with Gasteiger partial charge in [0, 0.05) is 11.9 Å². The fraction of sp³-hybridized carbons (Fsp3) is 0.125. The zero-order valence-electron chi connectivity index (χ0n) is 11.7. The van der Waals surface area contributed by atoms with E-state index in [0.29, 0.717) is 27.3 Å². The summed E-state index contributed by atoms with van der Waals surface area (Å²) in [6.45, 7) is 0.211. The summed E-state index contributed by atoms with van der Waals surface area (Å²) in [5, 5.41) is 4.24. The minimum absolute atomic E-state index is 0.211. The summed E-state index contributed by atoms with van der Waals surface area (Å²) in [6, 6.07) is 10.5. The molecule has 0 aliphatic heterocycles. The highest BCUT2D eigenvalue weighted by Crippen LogP contribution is 2.30. The molecule has 3 rings (SSSR count). The van der Waals surface area contributed by atoms with E-state index in [2.05, 4.69) is 15.3 Å². The van der Waals surface area contributed by atoms with Crippen LogP contribution in [0.1, 0.15) is 11.1 Å². The van der Waals surface area contributed by atoms with Crippen molar-refractivity contribution in [1.29, 1.82) is 0 Å². The second kappa shape index (κ2) is 6.04. The molecule has 0 spiro atoms. The van der Waals surface area contributed by atoms with E-state index < -0.39 is 11.7 Å². The lowest BCUT2D eigenvalue weighted by molar-refractivity contribution is -0.137. The Morgan fingerprint density at radius 2 is 1.83 bits per heavy atom. The Bertz CT molecular complexity index is 849. The predicted molar refractivity (Wildman–Crippen MR) is 83.3 cm³/mol. The monoisotopic (exact) mass is 337 g/mol. The van der Waals surface area contributed by atoms with Gasteiger partial charge in [-0.05, 0) is 29.8 Å². The summed E-state index contributed by atoms with van der Waals surface area (Å²) >= 11 is 6.07. The summed E-state index contributed by atoms with van der Waals surface area (Å²) in [5.74, 6) is 0.523. The van der Waals surface area contributed by atoms with Crippen LogP contribution < -0.4 is 5.32 Å². The number of hydrogen-bond acceptors (Lipinski definition) is 3. The molecule has 0 aliphatic rings. The highest BCUT2D eigenvalue weighted by atomic mass is 35.5. The molecule has 0 saturated heterocycles. The first kappa shape index (κ1) is 15.6. The Labute approximate surface area is 135 Å². The first-order valence-electron chi connectivity index (χ1n) is 6.74. The quantitative estimate of drug-likeness (QED) is 0.737. The van der Waals surface area contributed by atoms with Crippen LogP contribution >= 0.6 is 11.6 Å². The van der Waals surface area contributed by atoms with Gasteiger partial charge in [0.1, 0.15) is 12.1 Å². The largest absolute Gasteiger partial charge is 0.416 e. The average Bonchev–Trinajstić information content (AvgIpc) is 2.53. The van der Waals surface area contributed by atoms with Crippen molar-refractivity contribution < 1.29 is 13.2 Å². The van der Waals surface area contributed by atoms with Crippen molar-refractivity contribution in [1.82, 2.24) is 9.97 Å². The molecule has 1 aromatic heterocycles. The number of halogens is 4. The van der Waals surface area contributed by atoms with Crippen molar-refractivity contribution in [3.63, 3.8) is 0 Å². The molecule has 3 nitrogen and oxygen atoms in total. The molecule has 1 N–H and O–H groups in total. The fourth-order valence-electron chi connectivity index (χ4n) is 2.24. The molecule has 7 heteroatoms. The number of para-hydroxylation sites is 1. The topological polar surface area (TPSA) is 37.8 Å². The van der Waals surface area contributed by atoms with Gasteiger partial charge in [0.2, 0.25) is 0 Å². The van der Waals surface area contributed by atoms with Crippen LogP contribution in [0.25, 0.3) is 10.9 Å².